The van der Waals surface area contributed by atoms with E-state index >= 15 is 0 Å². The van der Waals surface area contributed by atoms with Crippen LogP contribution in [0.2, 0.25) is 0 Å². The van der Waals surface area contributed by atoms with Crippen molar-refractivity contribution in [3.8, 4) is 0 Å². The largest absolute Gasteiger partial charge is 0.345 e. The number of nitrogens with zero attached hydrogens (tertiary/aromatic N) is 1. The summed E-state index contributed by atoms with van der Waals surface area (Å²) in [5.41, 5.74) is 1.01. The molecule has 3 nitrogen and oxygen atoms in total. The molecule has 0 amide bonds. The number of carbonyl (C=O) groups excluding carboxylic acids is 1. The van der Waals surface area contributed by atoms with Crippen LogP contribution >= 0.6 is 0 Å². The fourth-order valence-corrected chi connectivity index (χ4v) is 1.27. The Morgan fingerprint density at radius 1 is 1.62 bits per heavy atom. The highest BCUT2D eigenvalue weighted by atomic mass is 19.1. The van der Waals surface area contributed by atoms with Crippen molar-refractivity contribution in [3.63, 3.8) is 0 Å². The minimum Gasteiger partial charge on any atom is -0.345 e. The summed E-state index contributed by atoms with van der Waals surface area (Å²) in [6.07, 6.45) is 2.65. The molecule has 0 saturated heterocycles. The number of Topliss-reactive ketones (excluding diaryl/α,β-unsaturated/α-hetero) is 1. The van der Waals surface area contributed by atoms with Gasteiger partial charge in [-0.2, -0.15) is 0 Å². The maximum atomic E-state index is 12.8. The summed E-state index contributed by atoms with van der Waals surface area (Å²) < 4.78 is 12.8. The Morgan fingerprint density at radius 3 is 3.08 bits per heavy atom. The SMILES string of the molecule is CC(=O)c1c[nH]c2ncc(F)cc12. The van der Waals surface area contributed by atoms with Crippen molar-refractivity contribution in [1.29, 1.82) is 0 Å². The molecule has 1 N–H and O–H groups in total. The topological polar surface area (TPSA) is 45.8 Å². The van der Waals surface area contributed by atoms with Crippen LogP contribution in [0.4, 0.5) is 4.39 Å². The summed E-state index contributed by atoms with van der Waals surface area (Å²) in [6, 6.07) is 1.30. The first-order chi connectivity index (χ1) is 6.18. The molecule has 0 atom stereocenters. The van der Waals surface area contributed by atoms with E-state index in [0.717, 1.165) is 6.20 Å². The lowest BCUT2D eigenvalue weighted by Gasteiger charge is -1.91. The van der Waals surface area contributed by atoms with E-state index in [1.807, 2.05) is 0 Å². The van der Waals surface area contributed by atoms with Gasteiger partial charge in [-0.25, -0.2) is 9.37 Å². The van der Waals surface area contributed by atoms with Gasteiger partial charge in [0.15, 0.2) is 5.78 Å². The maximum absolute atomic E-state index is 12.8. The molecule has 2 aromatic heterocycles. The molecule has 0 aromatic carbocycles. The van der Waals surface area contributed by atoms with Crippen LogP contribution in [-0.4, -0.2) is 15.8 Å². The number of fused-ring (bicyclic) bond motifs is 1. The molecule has 4 heteroatoms. The molecule has 0 saturated carbocycles. The first-order valence-electron chi connectivity index (χ1n) is 3.82. The molecule has 0 aliphatic carbocycles. The van der Waals surface area contributed by atoms with Crippen LogP contribution in [0.5, 0.6) is 0 Å². The second kappa shape index (κ2) is 2.65. The lowest BCUT2D eigenvalue weighted by molar-refractivity contribution is 0.101. The number of hydrogen-bond donors (Lipinski definition) is 1. The van der Waals surface area contributed by atoms with Gasteiger partial charge in [-0.15, -0.1) is 0 Å². The van der Waals surface area contributed by atoms with E-state index in [1.165, 1.54) is 13.0 Å². The summed E-state index contributed by atoms with van der Waals surface area (Å²) in [6.45, 7) is 1.44. The highest BCUT2D eigenvalue weighted by molar-refractivity contribution is 6.05. The molecule has 0 spiro atoms. The summed E-state index contributed by atoms with van der Waals surface area (Å²) in [5, 5.41) is 0.535. The quantitative estimate of drug-likeness (QED) is 0.678. The Morgan fingerprint density at radius 2 is 2.38 bits per heavy atom. The second-order valence-corrected chi connectivity index (χ2v) is 2.81. The average Bonchev–Trinajstić information content (AvgIpc) is 2.46. The van der Waals surface area contributed by atoms with Gasteiger partial charge in [-0.05, 0) is 13.0 Å². The van der Waals surface area contributed by atoms with Crippen molar-refractivity contribution < 1.29 is 9.18 Å². The number of hydrogen-bond acceptors (Lipinski definition) is 2. The van der Waals surface area contributed by atoms with Crippen molar-refractivity contribution >= 4 is 16.8 Å². The standard InChI is InChI=1S/C9H7FN2O/c1-5(13)8-4-12-9-7(8)2-6(10)3-11-9/h2-4H,1H3,(H,11,12). The van der Waals surface area contributed by atoms with Crippen LogP contribution in [0.15, 0.2) is 18.5 Å². The second-order valence-electron chi connectivity index (χ2n) is 2.81. The third-order valence-corrected chi connectivity index (χ3v) is 1.88. The number of carbonyl (C=O) groups is 1. The predicted octanol–water partition coefficient (Wildman–Crippen LogP) is 1.90. The van der Waals surface area contributed by atoms with Gasteiger partial charge in [-0.1, -0.05) is 0 Å². The van der Waals surface area contributed by atoms with E-state index in [9.17, 15) is 9.18 Å². The molecule has 0 aliphatic rings. The Bertz CT molecular complexity index is 475. The Hall–Kier alpha value is -1.71. The van der Waals surface area contributed by atoms with Crippen molar-refractivity contribution in [1.82, 2.24) is 9.97 Å². The summed E-state index contributed by atoms with van der Waals surface area (Å²) in [4.78, 5) is 17.7. The number of aromatic amines is 1. The molecule has 13 heavy (non-hydrogen) atoms. The van der Waals surface area contributed by atoms with E-state index in [4.69, 9.17) is 0 Å². The summed E-state index contributed by atoms with van der Waals surface area (Å²) in [5.74, 6) is -0.534. The molecular weight excluding hydrogens is 171 g/mol. The van der Waals surface area contributed by atoms with E-state index in [2.05, 4.69) is 9.97 Å². The normalized spacial score (nSPS) is 10.6. The Kier molecular flexibility index (Phi) is 1.62. The van der Waals surface area contributed by atoms with Crippen LogP contribution < -0.4 is 0 Å². The number of pyridine rings is 1. The Labute approximate surface area is 73.6 Å². The molecule has 66 valence electrons. The zero-order chi connectivity index (χ0) is 9.42. The smallest absolute Gasteiger partial charge is 0.162 e. The van der Waals surface area contributed by atoms with Gasteiger partial charge in [0.1, 0.15) is 11.5 Å². The lowest BCUT2D eigenvalue weighted by atomic mass is 10.1. The third kappa shape index (κ3) is 1.20. The van der Waals surface area contributed by atoms with Crippen LogP contribution in [0, 0.1) is 5.82 Å². The van der Waals surface area contributed by atoms with Crippen molar-refractivity contribution in [2.45, 2.75) is 6.92 Å². The van der Waals surface area contributed by atoms with Gasteiger partial charge in [0.25, 0.3) is 0 Å². The van der Waals surface area contributed by atoms with Crippen molar-refractivity contribution in [2.75, 3.05) is 0 Å². The number of halogens is 1. The Balaban J connectivity index is 2.79. The zero-order valence-electron chi connectivity index (χ0n) is 6.97. The summed E-state index contributed by atoms with van der Waals surface area (Å²) in [7, 11) is 0. The molecule has 0 radical (unpaired) electrons. The van der Waals surface area contributed by atoms with Crippen LogP contribution in [-0.2, 0) is 0 Å². The van der Waals surface area contributed by atoms with E-state index in [-0.39, 0.29) is 5.78 Å². The van der Waals surface area contributed by atoms with Crippen LogP contribution in [0.1, 0.15) is 17.3 Å². The van der Waals surface area contributed by atoms with Crippen LogP contribution in [0.25, 0.3) is 11.0 Å². The molecule has 2 rings (SSSR count). The van der Waals surface area contributed by atoms with E-state index in [1.54, 1.807) is 6.20 Å². The highest BCUT2D eigenvalue weighted by Crippen LogP contribution is 2.17. The van der Waals surface area contributed by atoms with Gasteiger partial charge in [-0.3, -0.25) is 4.79 Å². The number of H-pyrrole nitrogens is 1. The molecule has 0 unspecified atom stereocenters. The van der Waals surface area contributed by atoms with Gasteiger partial charge in [0, 0.05) is 17.1 Å². The molecule has 0 fully saturated rings. The fourth-order valence-electron chi connectivity index (χ4n) is 1.27. The number of ketones is 1. The minimum absolute atomic E-state index is 0.0985. The van der Waals surface area contributed by atoms with Crippen molar-refractivity contribution in [2.24, 2.45) is 0 Å². The zero-order valence-corrected chi connectivity index (χ0v) is 6.97. The first kappa shape index (κ1) is 7.91. The number of nitrogens with one attached hydrogen (secondary N) is 1. The average molecular weight is 178 g/mol. The molecule has 0 aliphatic heterocycles. The highest BCUT2D eigenvalue weighted by Gasteiger charge is 2.08. The number of aromatic nitrogens is 2. The van der Waals surface area contributed by atoms with E-state index in [0.29, 0.717) is 16.6 Å². The van der Waals surface area contributed by atoms with Gasteiger partial charge in [0.2, 0.25) is 0 Å². The first-order valence-corrected chi connectivity index (χ1v) is 3.82. The predicted molar refractivity (Wildman–Crippen MR) is 46.1 cm³/mol. The van der Waals surface area contributed by atoms with E-state index < -0.39 is 5.82 Å². The third-order valence-electron chi connectivity index (χ3n) is 1.88. The van der Waals surface area contributed by atoms with Crippen molar-refractivity contribution in [3.05, 3.63) is 29.8 Å². The molecular formula is C9H7FN2O. The van der Waals surface area contributed by atoms with Gasteiger partial charge >= 0.3 is 0 Å². The minimum atomic E-state index is -0.436. The number of rotatable bonds is 1. The monoisotopic (exact) mass is 178 g/mol. The van der Waals surface area contributed by atoms with Gasteiger partial charge < -0.3 is 4.98 Å². The van der Waals surface area contributed by atoms with Gasteiger partial charge in [0.05, 0.1) is 6.20 Å². The fraction of sp³-hybridized carbons (Fsp3) is 0.111. The lowest BCUT2D eigenvalue weighted by Crippen LogP contribution is -1.89. The summed E-state index contributed by atoms with van der Waals surface area (Å²) >= 11 is 0. The maximum Gasteiger partial charge on any atom is 0.162 e. The molecule has 0 bridgehead atoms. The molecule has 2 heterocycles. The molecule has 2 aromatic rings. The van der Waals surface area contributed by atoms with Crippen LogP contribution in [0.3, 0.4) is 0 Å².